The van der Waals surface area contributed by atoms with Gasteiger partial charge in [-0.1, -0.05) is 5.16 Å². The number of amides is 1. The summed E-state index contributed by atoms with van der Waals surface area (Å²) in [5.41, 5.74) is 0. The van der Waals surface area contributed by atoms with Crippen LogP contribution < -0.4 is 5.32 Å². The molecule has 1 amide bonds. The largest absolute Gasteiger partial charge is 0.393 e. The van der Waals surface area contributed by atoms with Crippen molar-refractivity contribution in [2.45, 2.75) is 44.8 Å². The van der Waals surface area contributed by atoms with E-state index in [4.69, 9.17) is 9.63 Å². The fourth-order valence-corrected chi connectivity index (χ4v) is 1.67. The fraction of sp³-hybridized carbons (Fsp3) is 0.700. The molecule has 0 aliphatic heterocycles. The highest BCUT2D eigenvalue weighted by molar-refractivity contribution is 5.76. The summed E-state index contributed by atoms with van der Waals surface area (Å²) in [5, 5.41) is 15.5. The Morgan fingerprint density at radius 1 is 1.62 bits per heavy atom. The predicted octanol–water partition coefficient (Wildman–Crippen LogP) is -0.0499. The van der Waals surface area contributed by atoms with Crippen LogP contribution in [0.4, 0.5) is 0 Å². The maximum Gasteiger partial charge on any atom is 0.227 e. The van der Waals surface area contributed by atoms with Crippen molar-refractivity contribution in [3.8, 4) is 0 Å². The molecule has 1 saturated carbocycles. The molecule has 0 atom stereocenters. The number of hydrogen-bond donors (Lipinski definition) is 2. The number of carbonyl (C=O) groups excluding carboxylic acids is 1. The van der Waals surface area contributed by atoms with E-state index in [0.29, 0.717) is 37.4 Å². The predicted molar refractivity (Wildman–Crippen MR) is 54.5 cm³/mol. The average molecular weight is 225 g/mol. The van der Waals surface area contributed by atoms with E-state index in [0.717, 1.165) is 0 Å². The second kappa shape index (κ2) is 4.61. The molecule has 16 heavy (non-hydrogen) atoms. The van der Waals surface area contributed by atoms with Crippen LogP contribution in [0.5, 0.6) is 0 Å². The Morgan fingerprint density at radius 3 is 2.94 bits per heavy atom. The molecule has 0 radical (unpaired) electrons. The molecule has 6 heteroatoms. The number of aryl methyl sites for hydroxylation is 2. The second-order valence-corrected chi connectivity index (χ2v) is 4.12. The Morgan fingerprint density at radius 2 is 2.38 bits per heavy atom. The molecule has 0 bridgehead atoms. The van der Waals surface area contributed by atoms with Gasteiger partial charge in [0, 0.05) is 18.9 Å². The summed E-state index contributed by atoms with van der Waals surface area (Å²) in [7, 11) is 0. The summed E-state index contributed by atoms with van der Waals surface area (Å²) >= 11 is 0. The SMILES string of the molecule is Cc1noc(CCC(=O)NC2CC(O)C2)n1. The van der Waals surface area contributed by atoms with Crippen LogP contribution >= 0.6 is 0 Å². The number of hydrogen-bond acceptors (Lipinski definition) is 5. The highest BCUT2D eigenvalue weighted by Gasteiger charge is 2.28. The molecule has 6 nitrogen and oxygen atoms in total. The van der Waals surface area contributed by atoms with Gasteiger partial charge in [-0.15, -0.1) is 0 Å². The summed E-state index contributed by atoms with van der Waals surface area (Å²) in [4.78, 5) is 15.5. The van der Waals surface area contributed by atoms with Gasteiger partial charge in [-0.25, -0.2) is 0 Å². The van der Waals surface area contributed by atoms with Crippen LogP contribution in [0.2, 0.25) is 0 Å². The quantitative estimate of drug-likeness (QED) is 0.750. The minimum Gasteiger partial charge on any atom is -0.393 e. The van der Waals surface area contributed by atoms with E-state index in [9.17, 15) is 4.79 Å². The average Bonchev–Trinajstić information content (AvgIpc) is 2.59. The summed E-state index contributed by atoms with van der Waals surface area (Å²) in [5.74, 6) is 1.03. The van der Waals surface area contributed by atoms with Gasteiger partial charge in [0.2, 0.25) is 11.8 Å². The number of nitrogens with zero attached hydrogens (tertiary/aromatic N) is 2. The topological polar surface area (TPSA) is 88.2 Å². The molecule has 1 aromatic heterocycles. The van der Waals surface area contributed by atoms with Gasteiger partial charge in [-0.05, 0) is 19.8 Å². The minimum atomic E-state index is -0.246. The van der Waals surface area contributed by atoms with Gasteiger partial charge >= 0.3 is 0 Å². The number of carbonyl (C=O) groups is 1. The Bertz CT molecular complexity index is 371. The first-order valence-corrected chi connectivity index (χ1v) is 5.40. The van der Waals surface area contributed by atoms with Crippen LogP contribution in [0.3, 0.4) is 0 Å². The Hall–Kier alpha value is -1.43. The van der Waals surface area contributed by atoms with Gasteiger partial charge in [0.15, 0.2) is 5.82 Å². The van der Waals surface area contributed by atoms with Crippen LogP contribution in [0.15, 0.2) is 4.52 Å². The molecule has 1 aliphatic rings. The van der Waals surface area contributed by atoms with Gasteiger partial charge in [-0.2, -0.15) is 4.98 Å². The van der Waals surface area contributed by atoms with Crippen molar-refractivity contribution in [3.63, 3.8) is 0 Å². The van der Waals surface area contributed by atoms with E-state index in [1.54, 1.807) is 6.92 Å². The Labute approximate surface area is 93.0 Å². The van der Waals surface area contributed by atoms with Crippen LogP contribution in [-0.2, 0) is 11.2 Å². The van der Waals surface area contributed by atoms with Gasteiger partial charge in [0.05, 0.1) is 6.10 Å². The number of aromatic nitrogens is 2. The molecule has 2 N–H and O–H groups in total. The molecule has 0 aromatic carbocycles. The zero-order chi connectivity index (χ0) is 11.5. The molecule has 2 rings (SSSR count). The number of aliphatic hydroxyl groups is 1. The highest BCUT2D eigenvalue weighted by Crippen LogP contribution is 2.19. The summed E-state index contributed by atoms with van der Waals surface area (Å²) in [6.45, 7) is 1.74. The van der Waals surface area contributed by atoms with Gasteiger partial charge in [-0.3, -0.25) is 4.79 Å². The van der Waals surface area contributed by atoms with Crippen molar-refractivity contribution in [1.29, 1.82) is 0 Å². The van der Waals surface area contributed by atoms with Crippen LogP contribution in [0.25, 0.3) is 0 Å². The first-order valence-electron chi connectivity index (χ1n) is 5.40. The number of aliphatic hydroxyl groups excluding tert-OH is 1. The van der Waals surface area contributed by atoms with E-state index >= 15 is 0 Å². The molecule has 1 aliphatic carbocycles. The Balaban J connectivity index is 1.68. The smallest absolute Gasteiger partial charge is 0.227 e. The van der Waals surface area contributed by atoms with Gasteiger partial charge in [0.1, 0.15) is 0 Å². The lowest BCUT2D eigenvalue weighted by molar-refractivity contribution is -0.123. The van der Waals surface area contributed by atoms with Crippen molar-refractivity contribution in [3.05, 3.63) is 11.7 Å². The van der Waals surface area contributed by atoms with Crippen LogP contribution in [-0.4, -0.2) is 33.3 Å². The van der Waals surface area contributed by atoms with Crippen molar-refractivity contribution in [1.82, 2.24) is 15.5 Å². The molecule has 0 saturated heterocycles. The first-order chi connectivity index (χ1) is 7.63. The maximum absolute atomic E-state index is 11.5. The molecule has 1 heterocycles. The molecule has 1 aromatic rings. The van der Waals surface area contributed by atoms with Crippen LogP contribution in [0.1, 0.15) is 31.0 Å². The van der Waals surface area contributed by atoms with Gasteiger partial charge in [0.25, 0.3) is 0 Å². The molecule has 0 unspecified atom stereocenters. The molecular weight excluding hydrogens is 210 g/mol. The molecule has 1 fully saturated rings. The maximum atomic E-state index is 11.5. The molecule has 0 spiro atoms. The lowest BCUT2D eigenvalue weighted by Gasteiger charge is -2.31. The van der Waals surface area contributed by atoms with Crippen molar-refractivity contribution < 1.29 is 14.4 Å². The zero-order valence-electron chi connectivity index (χ0n) is 9.14. The summed E-state index contributed by atoms with van der Waals surface area (Å²) in [6.07, 6.45) is 1.87. The molecular formula is C10H15N3O3. The standard InChI is InChI=1S/C10H15N3O3/c1-6-11-10(16-13-6)3-2-9(15)12-7-4-8(14)5-7/h7-8,14H,2-5H2,1H3,(H,12,15). The van der Waals surface area contributed by atoms with Crippen molar-refractivity contribution >= 4 is 5.91 Å². The zero-order valence-corrected chi connectivity index (χ0v) is 9.14. The van der Waals surface area contributed by atoms with E-state index in [1.807, 2.05) is 0 Å². The fourth-order valence-electron chi connectivity index (χ4n) is 1.67. The number of rotatable bonds is 4. The van der Waals surface area contributed by atoms with Crippen LogP contribution in [0, 0.1) is 6.92 Å². The third-order valence-corrected chi connectivity index (χ3v) is 2.61. The van der Waals surface area contributed by atoms with E-state index in [1.165, 1.54) is 0 Å². The van der Waals surface area contributed by atoms with E-state index in [-0.39, 0.29) is 18.1 Å². The molecule has 88 valence electrons. The number of nitrogens with one attached hydrogen (secondary N) is 1. The van der Waals surface area contributed by atoms with Crippen molar-refractivity contribution in [2.24, 2.45) is 0 Å². The first kappa shape index (κ1) is 11.1. The third-order valence-electron chi connectivity index (χ3n) is 2.61. The second-order valence-electron chi connectivity index (χ2n) is 4.12. The summed E-state index contributed by atoms with van der Waals surface area (Å²) < 4.78 is 4.90. The van der Waals surface area contributed by atoms with Gasteiger partial charge < -0.3 is 14.9 Å². The lowest BCUT2D eigenvalue weighted by Crippen LogP contribution is -2.46. The monoisotopic (exact) mass is 225 g/mol. The van der Waals surface area contributed by atoms with E-state index < -0.39 is 0 Å². The highest BCUT2D eigenvalue weighted by atomic mass is 16.5. The summed E-state index contributed by atoms with van der Waals surface area (Å²) in [6, 6.07) is 0.131. The van der Waals surface area contributed by atoms with Crippen molar-refractivity contribution in [2.75, 3.05) is 0 Å². The normalized spacial score (nSPS) is 23.9. The van der Waals surface area contributed by atoms with E-state index in [2.05, 4.69) is 15.5 Å². The minimum absolute atomic E-state index is 0.0345. The Kier molecular flexibility index (Phi) is 3.19. The lowest BCUT2D eigenvalue weighted by atomic mass is 9.89. The third kappa shape index (κ3) is 2.79.